The maximum Gasteiger partial charge on any atom is 0.573 e. The molecule has 1 aromatic rings. The van der Waals surface area contributed by atoms with Gasteiger partial charge in [-0.15, -0.1) is 13.2 Å². The predicted molar refractivity (Wildman–Crippen MR) is 70.6 cm³/mol. The lowest BCUT2D eigenvalue weighted by Crippen LogP contribution is -2.20. The molecule has 0 aliphatic carbocycles. The molecule has 0 bridgehead atoms. The van der Waals surface area contributed by atoms with Gasteiger partial charge in [-0.25, -0.2) is 8.42 Å². The number of anilines is 1. The molecule has 0 atom stereocenters. The zero-order valence-electron chi connectivity index (χ0n) is 10.9. The number of para-hydroxylation sites is 2. The Balaban J connectivity index is 2.65. The molecule has 1 aromatic carbocycles. The number of alkyl halides is 3. The molecule has 0 unspecified atom stereocenters. The Morgan fingerprint density at radius 3 is 2.45 bits per heavy atom. The van der Waals surface area contributed by atoms with Gasteiger partial charge >= 0.3 is 6.36 Å². The molecule has 0 aliphatic heterocycles. The van der Waals surface area contributed by atoms with E-state index in [4.69, 9.17) is 0 Å². The van der Waals surface area contributed by atoms with E-state index in [2.05, 4.69) is 10.1 Å². The number of benzene rings is 1. The summed E-state index contributed by atoms with van der Waals surface area (Å²) in [4.78, 5) is 0. The van der Waals surface area contributed by atoms with Gasteiger partial charge in [0.15, 0.2) is 15.6 Å². The van der Waals surface area contributed by atoms with Crippen molar-refractivity contribution in [2.45, 2.75) is 19.7 Å². The van der Waals surface area contributed by atoms with Crippen LogP contribution in [0, 0.1) is 0 Å². The molecule has 0 fully saturated rings. The fourth-order valence-electron chi connectivity index (χ4n) is 1.58. The third kappa shape index (κ3) is 6.14. The van der Waals surface area contributed by atoms with E-state index >= 15 is 0 Å². The highest BCUT2D eigenvalue weighted by molar-refractivity contribution is 7.91. The zero-order valence-corrected chi connectivity index (χ0v) is 11.7. The second-order valence-corrected chi connectivity index (χ2v) is 6.43. The fourth-order valence-corrected chi connectivity index (χ4v) is 2.82. The Morgan fingerprint density at radius 2 is 1.85 bits per heavy atom. The molecular weight excluding hydrogens is 295 g/mol. The molecule has 4 nitrogen and oxygen atoms in total. The van der Waals surface area contributed by atoms with Crippen molar-refractivity contribution in [3.8, 4) is 5.75 Å². The highest BCUT2D eigenvalue weighted by atomic mass is 32.2. The molecule has 0 aliphatic rings. The number of hydrogen-bond acceptors (Lipinski definition) is 4. The van der Waals surface area contributed by atoms with Gasteiger partial charge in [0.25, 0.3) is 0 Å². The molecule has 0 saturated carbocycles. The third-order valence-corrected chi connectivity index (χ3v) is 4.21. The van der Waals surface area contributed by atoms with Crippen LogP contribution in [-0.2, 0) is 9.84 Å². The van der Waals surface area contributed by atoms with Crippen LogP contribution in [0.15, 0.2) is 24.3 Å². The van der Waals surface area contributed by atoms with Gasteiger partial charge < -0.3 is 10.1 Å². The quantitative estimate of drug-likeness (QED) is 0.841. The van der Waals surface area contributed by atoms with Crippen LogP contribution >= 0.6 is 0 Å². The molecule has 20 heavy (non-hydrogen) atoms. The van der Waals surface area contributed by atoms with Gasteiger partial charge in [0, 0.05) is 12.3 Å². The molecule has 0 aromatic heterocycles. The van der Waals surface area contributed by atoms with Crippen LogP contribution in [-0.4, -0.2) is 32.8 Å². The number of sulfone groups is 1. The van der Waals surface area contributed by atoms with Gasteiger partial charge in [0.2, 0.25) is 0 Å². The number of hydrogen-bond donors (Lipinski definition) is 1. The lowest BCUT2D eigenvalue weighted by Gasteiger charge is -2.14. The minimum absolute atomic E-state index is 0.0283. The highest BCUT2D eigenvalue weighted by Crippen LogP contribution is 2.29. The molecule has 0 spiro atoms. The Bertz CT molecular complexity index is 529. The normalized spacial score (nSPS) is 12.2. The van der Waals surface area contributed by atoms with E-state index in [9.17, 15) is 21.6 Å². The second-order valence-electron chi connectivity index (χ2n) is 4.12. The van der Waals surface area contributed by atoms with Crippen molar-refractivity contribution < 1.29 is 26.3 Å². The first-order chi connectivity index (χ1) is 9.23. The molecular formula is C12H16F3NO3S. The summed E-state index contributed by atoms with van der Waals surface area (Å²) in [6.07, 6.45) is -4.28. The third-order valence-electron chi connectivity index (χ3n) is 2.36. The topological polar surface area (TPSA) is 55.4 Å². The molecule has 114 valence electrons. The van der Waals surface area contributed by atoms with Gasteiger partial charge in [-0.3, -0.25) is 0 Å². The standard InChI is InChI=1S/C12H16F3NO3S/c1-2-8-20(17,18)9-7-16-10-5-3-4-6-11(10)19-12(13,14)15/h3-6,16H,2,7-9H2,1H3. The van der Waals surface area contributed by atoms with Crippen molar-refractivity contribution >= 4 is 15.5 Å². The Morgan fingerprint density at radius 1 is 1.20 bits per heavy atom. The van der Waals surface area contributed by atoms with Crippen LogP contribution in [0.1, 0.15) is 13.3 Å². The zero-order chi connectivity index (χ0) is 15.2. The largest absolute Gasteiger partial charge is 0.573 e. The number of ether oxygens (including phenoxy) is 1. The smallest absolute Gasteiger partial charge is 0.404 e. The Hall–Kier alpha value is -1.44. The van der Waals surface area contributed by atoms with Crippen LogP contribution in [0.5, 0.6) is 5.75 Å². The maximum atomic E-state index is 12.2. The first kappa shape index (κ1) is 16.6. The van der Waals surface area contributed by atoms with E-state index in [0.717, 1.165) is 6.07 Å². The number of rotatable bonds is 7. The first-order valence-corrected chi connectivity index (χ1v) is 7.85. The van der Waals surface area contributed by atoms with Gasteiger partial charge in [-0.05, 0) is 18.6 Å². The van der Waals surface area contributed by atoms with Crippen molar-refractivity contribution in [2.75, 3.05) is 23.4 Å². The molecule has 1 N–H and O–H groups in total. The summed E-state index contributed by atoms with van der Waals surface area (Å²) in [7, 11) is -3.18. The maximum absolute atomic E-state index is 12.2. The van der Waals surface area contributed by atoms with E-state index in [0.29, 0.717) is 6.42 Å². The average Bonchev–Trinajstić information content (AvgIpc) is 2.29. The summed E-state index contributed by atoms with van der Waals surface area (Å²) in [6.45, 7) is 1.78. The van der Waals surface area contributed by atoms with E-state index in [1.165, 1.54) is 18.2 Å². The molecule has 0 heterocycles. The van der Waals surface area contributed by atoms with Crippen molar-refractivity contribution in [3.63, 3.8) is 0 Å². The summed E-state index contributed by atoms with van der Waals surface area (Å²) < 4.78 is 63.4. The summed E-state index contributed by atoms with van der Waals surface area (Å²) in [6, 6.07) is 5.50. The second kappa shape index (κ2) is 6.83. The van der Waals surface area contributed by atoms with Crippen LogP contribution in [0.2, 0.25) is 0 Å². The molecule has 1 rings (SSSR count). The van der Waals surface area contributed by atoms with E-state index in [-0.39, 0.29) is 29.5 Å². The predicted octanol–water partition coefficient (Wildman–Crippen LogP) is 2.82. The number of halogens is 3. The first-order valence-electron chi connectivity index (χ1n) is 6.02. The van der Waals surface area contributed by atoms with Crippen molar-refractivity contribution in [1.29, 1.82) is 0 Å². The summed E-state index contributed by atoms with van der Waals surface area (Å²) in [5, 5.41) is 2.65. The minimum Gasteiger partial charge on any atom is -0.404 e. The average molecular weight is 311 g/mol. The molecule has 8 heteroatoms. The van der Waals surface area contributed by atoms with Crippen LogP contribution in [0.3, 0.4) is 0 Å². The van der Waals surface area contributed by atoms with Crippen LogP contribution in [0.25, 0.3) is 0 Å². The summed E-state index contributed by atoms with van der Waals surface area (Å²) >= 11 is 0. The highest BCUT2D eigenvalue weighted by Gasteiger charge is 2.32. The Labute approximate surface area is 115 Å². The van der Waals surface area contributed by atoms with E-state index in [1.54, 1.807) is 6.92 Å². The van der Waals surface area contributed by atoms with Crippen LogP contribution in [0.4, 0.5) is 18.9 Å². The lowest BCUT2D eigenvalue weighted by molar-refractivity contribution is -0.274. The number of nitrogens with one attached hydrogen (secondary N) is 1. The molecule has 0 amide bonds. The van der Waals surface area contributed by atoms with Crippen molar-refractivity contribution in [3.05, 3.63) is 24.3 Å². The van der Waals surface area contributed by atoms with Crippen LogP contribution < -0.4 is 10.1 Å². The van der Waals surface area contributed by atoms with E-state index < -0.39 is 16.2 Å². The van der Waals surface area contributed by atoms with Crippen molar-refractivity contribution in [2.24, 2.45) is 0 Å². The summed E-state index contributed by atoms with van der Waals surface area (Å²) in [5.74, 6) is -0.454. The van der Waals surface area contributed by atoms with Gasteiger partial charge in [-0.1, -0.05) is 19.1 Å². The van der Waals surface area contributed by atoms with Gasteiger partial charge in [0.05, 0.1) is 11.4 Å². The lowest BCUT2D eigenvalue weighted by atomic mass is 10.3. The summed E-state index contributed by atoms with van der Waals surface area (Å²) in [5.41, 5.74) is 0.108. The SMILES string of the molecule is CCCS(=O)(=O)CCNc1ccccc1OC(F)(F)F. The molecule has 0 radical (unpaired) electrons. The Kier molecular flexibility index (Phi) is 5.67. The minimum atomic E-state index is -4.79. The van der Waals surface area contributed by atoms with Gasteiger partial charge in [-0.2, -0.15) is 0 Å². The monoisotopic (exact) mass is 311 g/mol. The van der Waals surface area contributed by atoms with E-state index in [1.807, 2.05) is 0 Å². The fraction of sp³-hybridized carbons (Fsp3) is 0.500. The van der Waals surface area contributed by atoms with Crippen molar-refractivity contribution in [1.82, 2.24) is 0 Å². The van der Waals surface area contributed by atoms with Gasteiger partial charge in [0.1, 0.15) is 0 Å². The molecule has 0 saturated heterocycles.